The Balaban J connectivity index is 0.989. The molecule has 0 saturated carbocycles. The number of benzene rings is 9. The Hall–Kier alpha value is -6.33. The first-order valence-corrected chi connectivity index (χ1v) is 27.5. The van der Waals surface area contributed by atoms with E-state index in [0.29, 0.717) is 5.92 Å². The van der Waals surface area contributed by atoms with E-state index in [1.54, 1.807) is 0 Å². The first-order chi connectivity index (χ1) is 29.3. The van der Waals surface area contributed by atoms with Gasteiger partial charge in [0.25, 0.3) is 0 Å². The minimum absolute atomic E-state index is 0.291. The molecule has 11 rings (SSSR count). The van der Waals surface area contributed by atoms with Crippen molar-refractivity contribution < 1.29 is 0 Å². The second-order valence-electron chi connectivity index (χ2n) is 17.9. The highest BCUT2D eigenvalue weighted by atomic mass is 28.3. The van der Waals surface area contributed by atoms with Gasteiger partial charge in [0.2, 0.25) is 0 Å². The fourth-order valence-electron chi connectivity index (χ4n) is 10.6. The summed E-state index contributed by atoms with van der Waals surface area (Å²) in [7, 11) is -3.94. The molecule has 1 unspecified atom stereocenters. The lowest BCUT2D eigenvalue weighted by Crippen LogP contribution is -2.53. The maximum absolute atomic E-state index is 2.54. The summed E-state index contributed by atoms with van der Waals surface area (Å²) in [6, 6.07) is 69.1. The van der Waals surface area contributed by atoms with Crippen molar-refractivity contribution in [2.75, 3.05) is 0 Å². The predicted molar refractivity (Wildman–Crippen MR) is 266 cm³/mol. The quantitative estimate of drug-likeness (QED) is 0.111. The summed E-state index contributed by atoms with van der Waals surface area (Å²) in [6.07, 6.45) is 8.23. The van der Waals surface area contributed by atoms with Gasteiger partial charge in [0.05, 0.1) is 0 Å². The van der Waals surface area contributed by atoms with E-state index >= 15 is 0 Å². The van der Waals surface area contributed by atoms with Gasteiger partial charge in [0.1, 0.15) is 16.1 Å². The topological polar surface area (TPSA) is 0 Å². The molecule has 0 spiro atoms. The standard InChI is InChI=1S/C58H48Si2/c1-59(2,44-17-9-6-10-18-44)45-31-23-40(24-32-45)55-48-19-11-13-21-50(48)56(51-22-14-12-20-49(51)55)41-25-33-46(34-26-41)60(3,4)54-38-30-43-28-36-52-47(39-15-7-5-8-16-39)35-27-42-29-37-53(54)58(43)57(42)52/h5-27,29-38,47H,28H2,1-4H3. The largest absolute Gasteiger partial charge is 0.113 e. The zero-order chi connectivity index (χ0) is 40.6. The maximum atomic E-state index is 2.54. The third-order valence-corrected chi connectivity index (χ3v) is 21.1. The highest BCUT2D eigenvalue weighted by molar-refractivity contribution is 7.02. The molecule has 0 saturated heterocycles. The van der Waals surface area contributed by atoms with Crippen LogP contribution in [0.3, 0.4) is 0 Å². The smallest absolute Gasteiger partial charge is 0.0753 e. The molecule has 0 aliphatic heterocycles. The Morgan fingerprint density at radius 3 is 1.48 bits per heavy atom. The molecule has 0 bridgehead atoms. The number of rotatable bonds is 7. The SMILES string of the molecule is C[Si](C)(c1ccccc1)c1ccc(-c2c3ccccc3c(-c3ccc([Si](C)(C)c4ccc5c6c7c(ccc46)C=CC(c4ccccc4)C7=CC5)cc3)c3ccccc23)cc1. The van der Waals surface area contributed by atoms with E-state index in [-0.39, 0.29) is 0 Å². The van der Waals surface area contributed by atoms with Gasteiger partial charge in [-0.15, -0.1) is 0 Å². The number of hydrogen-bond donors (Lipinski definition) is 0. The van der Waals surface area contributed by atoms with Crippen LogP contribution in [0.15, 0.2) is 194 Å². The lowest BCUT2D eigenvalue weighted by Gasteiger charge is -2.32. The predicted octanol–water partition coefficient (Wildman–Crippen LogP) is 12.9. The molecule has 1 atom stereocenters. The summed E-state index contributed by atoms with van der Waals surface area (Å²) >= 11 is 0. The molecule has 2 heteroatoms. The van der Waals surface area contributed by atoms with Gasteiger partial charge in [-0.1, -0.05) is 242 Å². The molecule has 9 aromatic rings. The third-order valence-electron chi connectivity index (χ3n) is 14.0. The van der Waals surface area contributed by atoms with Crippen molar-refractivity contribution >= 4 is 80.9 Å². The number of hydrogen-bond acceptors (Lipinski definition) is 0. The van der Waals surface area contributed by atoms with Crippen molar-refractivity contribution in [1.29, 1.82) is 0 Å². The Kier molecular flexibility index (Phi) is 8.67. The highest BCUT2D eigenvalue weighted by Gasteiger charge is 2.33. The highest BCUT2D eigenvalue weighted by Crippen LogP contribution is 2.47. The average molecular weight is 801 g/mol. The fourth-order valence-corrected chi connectivity index (χ4v) is 15.6. The molecule has 0 aromatic heterocycles. The second-order valence-corrected chi connectivity index (χ2v) is 26.7. The van der Waals surface area contributed by atoms with Crippen molar-refractivity contribution in [2.24, 2.45) is 0 Å². The van der Waals surface area contributed by atoms with Crippen molar-refractivity contribution in [3.63, 3.8) is 0 Å². The fraction of sp³-hybridized carbons (Fsp3) is 0.103. The van der Waals surface area contributed by atoms with Crippen molar-refractivity contribution in [2.45, 2.75) is 38.5 Å². The normalized spacial score (nSPS) is 14.8. The summed E-state index contributed by atoms with van der Waals surface area (Å²) in [4.78, 5) is 0. The first-order valence-electron chi connectivity index (χ1n) is 21.5. The van der Waals surface area contributed by atoms with E-state index in [4.69, 9.17) is 0 Å². The Morgan fingerprint density at radius 1 is 0.417 bits per heavy atom. The van der Waals surface area contributed by atoms with Gasteiger partial charge in [-0.05, 0) is 94.0 Å². The van der Waals surface area contributed by atoms with Gasteiger partial charge in [0.15, 0.2) is 0 Å². The molecular weight excluding hydrogens is 753 g/mol. The van der Waals surface area contributed by atoms with Crippen LogP contribution in [-0.2, 0) is 6.42 Å². The second kappa shape index (κ2) is 14.2. The Morgan fingerprint density at radius 2 is 0.917 bits per heavy atom. The van der Waals surface area contributed by atoms with Gasteiger partial charge in [-0.3, -0.25) is 0 Å². The summed E-state index contributed by atoms with van der Waals surface area (Å²) in [5, 5.41) is 14.0. The van der Waals surface area contributed by atoms with Gasteiger partial charge in [-0.25, -0.2) is 0 Å². The van der Waals surface area contributed by atoms with Crippen molar-refractivity contribution in [1.82, 2.24) is 0 Å². The van der Waals surface area contributed by atoms with Gasteiger partial charge in [-0.2, -0.15) is 0 Å². The molecule has 288 valence electrons. The summed E-state index contributed by atoms with van der Waals surface area (Å²) in [5.74, 6) is 0.291. The molecule has 0 amide bonds. The maximum Gasteiger partial charge on any atom is 0.113 e. The van der Waals surface area contributed by atoms with E-state index in [1.165, 1.54) is 103 Å². The number of allylic oxidation sites excluding steroid dienone is 3. The van der Waals surface area contributed by atoms with Crippen molar-refractivity contribution in [3.8, 4) is 22.3 Å². The van der Waals surface area contributed by atoms with Crippen LogP contribution < -0.4 is 20.7 Å². The van der Waals surface area contributed by atoms with E-state index in [1.807, 2.05) is 0 Å². The van der Waals surface area contributed by atoms with Crippen LogP contribution in [0.5, 0.6) is 0 Å². The Bertz CT molecular complexity index is 3130. The van der Waals surface area contributed by atoms with Gasteiger partial charge >= 0.3 is 0 Å². The van der Waals surface area contributed by atoms with Gasteiger partial charge in [0, 0.05) is 5.92 Å². The minimum atomic E-state index is -2.13. The van der Waals surface area contributed by atoms with Gasteiger partial charge < -0.3 is 0 Å². The summed E-state index contributed by atoms with van der Waals surface area (Å²) in [5.41, 5.74) is 12.2. The zero-order valence-corrected chi connectivity index (χ0v) is 36.8. The van der Waals surface area contributed by atoms with E-state index in [2.05, 4.69) is 226 Å². The average Bonchev–Trinajstić information content (AvgIpc) is 3.30. The zero-order valence-electron chi connectivity index (χ0n) is 34.8. The minimum Gasteiger partial charge on any atom is -0.0753 e. The van der Waals surface area contributed by atoms with E-state index in [0.717, 1.165) is 6.42 Å². The number of fused-ring (bicyclic) bond motifs is 2. The Labute approximate surface area is 356 Å². The van der Waals surface area contributed by atoms with Crippen LogP contribution in [0.4, 0.5) is 0 Å². The lowest BCUT2D eigenvalue weighted by molar-refractivity contribution is 1.08. The van der Waals surface area contributed by atoms with Crippen LogP contribution in [0.1, 0.15) is 28.2 Å². The third kappa shape index (κ3) is 5.77. The molecular formula is C58H48Si2. The molecule has 2 aliphatic carbocycles. The van der Waals surface area contributed by atoms with Crippen LogP contribution >= 0.6 is 0 Å². The van der Waals surface area contributed by atoms with Crippen molar-refractivity contribution in [3.05, 3.63) is 216 Å². The molecule has 9 aromatic carbocycles. The summed E-state index contributed by atoms with van der Waals surface area (Å²) < 4.78 is 0. The molecule has 0 N–H and O–H groups in total. The molecule has 0 fully saturated rings. The molecule has 0 radical (unpaired) electrons. The molecule has 0 heterocycles. The van der Waals surface area contributed by atoms with E-state index in [9.17, 15) is 0 Å². The van der Waals surface area contributed by atoms with Crippen LogP contribution in [0.25, 0.3) is 66.2 Å². The van der Waals surface area contributed by atoms with Crippen LogP contribution in [0, 0.1) is 0 Å². The first kappa shape index (κ1) is 36.7. The molecule has 60 heavy (non-hydrogen) atoms. The van der Waals surface area contributed by atoms with Crippen LogP contribution in [0.2, 0.25) is 26.2 Å². The molecule has 0 nitrogen and oxygen atoms in total. The molecule has 2 aliphatic rings. The lowest BCUT2D eigenvalue weighted by atomic mass is 9.75. The monoisotopic (exact) mass is 800 g/mol. The van der Waals surface area contributed by atoms with Crippen LogP contribution in [-0.4, -0.2) is 16.1 Å². The van der Waals surface area contributed by atoms with E-state index < -0.39 is 16.1 Å². The summed E-state index contributed by atoms with van der Waals surface area (Å²) in [6.45, 7) is 10.0.